The Morgan fingerprint density at radius 3 is 2.50 bits per heavy atom. The SMILES string of the molecule is CC(C)C(CO)NS(=O)(=O)c1ccc(F)c(Cl)c1. The zero-order valence-corrected chi connectivity index (χ0v) is 11.6. The summed E-state index contributed by atoms with van der Waals surface area (Å²) >= 11 is 5.54. The molecule has 0 radical (unpaired) electrons. The zero-order chi connectivity index (χ0) is 13.9. The van der Waals surface area contributed by atoms with Gasteiger partial charge in [-0.1, -0.05) is 25.4 Å². The molecule has 7 heteroatoms. The topological polar surface area (TPSA) is 66.4 Å². The Morgan fingerprint density at radius 2 is 2.06 bits per heavy atom. The minimum atomic E-state index is -3.82. The van der Waals surface area contributed by atoms with Gasteiger partial charge >= 0.3 is 0 Å². The van der Waals surface area contributed by atoms with Gasteiger partial charge in [-0.15, -0.1) is 0 Å². The van der Waals surface area contributed by atoms with E-state index in [-0.39, 0.29) is 22.4 Å². The Labute approximate surface area is 111 Å². The van der Waals surface area contributed by atoms with Crippen LogP contribution in [0.3, 0.4) is 0 Å². The minimum Gasteiger partial charge on any atom is -0.395 e. The standard InChI is InChI=1S/C11H15ClFNO3S/c1-7(2)11(6-15)14-18(16,17)8-3-4-10(13)9(12)5-8/h3-5,7,11,14-15H,6H2,1-2H3. The number of aliphatic hydroxyl groups is 1. The second-order valence-electron chi connectivity index (χ2n) is 4.23. The first-order chi connectivity index (χ1) is 8.27. The molecule has 0 saturated carbocycles. The smallest absolute Gasteiger partial charge is 0.240 e. The molecule has 0 spiro atoms. The van der Waals surface area contributed by atoms with Crippen LogP contribution in [-0.2, 0) is 10.0 Å². The second-order valence-corrected chi connectivity index (χ2v) is 6.35. The van der Waals surface area contributed by atoms with Crippen molar-refractivity contribution in [3.8, 4) is 0 Å². The first kappa shape index (κ1) is 15.4. The zero-order valence-electron chi connectivity index (χ0n) is 10.0. The molecule has 1 aromatic carbocycles. The van der Waals surface area contributed by atoms with Crippen LogP contribution in [0.25, 0.3) is 0 Å². The Kier molecular flexibility index (Phi) is 5.10. The van der Waals surface area contributed by atoms with Crippen LogP contribution in [0.2, 0.25) is 5.02 Å². The number of sulfonamides is 1. The number of nitrogens with one attached hydrogen (secondary N) is 1. The van der Waals surface area contributed by atoms with Crippen LogP contribution < -0.4 is 4.72 Å². The molecule has 0 heterocycles. The maximum absolute atomic E-state index is 13.0. The van der Waals surface area contributed by atoms with Crippen molar-refractivity contribution in [3.05, 3.63) is 29.0 Å². The number of hydrogen-bond acceptors (Lipinski definition) is 3. The lowest BCUT2D eigenvalue weighted by Gasteiger charge is -2.19. The van der Waals surface area contributed by atoms with Gasteiger partial charge in [0.2, 0.25) is 10.0 Å². The van der Waals surface area contributed by atoms with E-state index in [0.29, 0.717) is 0 Å². The highest BCUT2D eigenvalue weighted by atomic mass is 35.5. The van der Waals surface area contributed by atoms with E-state index < -0.39 is 21.9 Å². The fourth-order valence-corrected chi connectivity index (χ4v) is 2.94. The molecular formula is C11H15ClFNO3S. The normalized spacial score (nSPS) is 13.9. The van der Waals surface area contributed by atoms with Crippen LogP contribution in [0, 0.1) is 11.7 Å². The highest BCUT2D eigenvalue weighted by molar-refractivity contribution is 7.89. The van der Waals surface area contributed by atoms with Gasteiger partial charge < -0.3 is 5.11 Å². The third-order valence-electron chi connectivity index (χ3n) is 2.51. The molecule has 4 nitrogen and oxygen atoms in total. The summed E-state index contributed by atoms with van der Waals surface area (Å²) in [6.07, 6.45) is 0. The molecule has 0 aliphatic heterocycles. The average molecular weight is 296 g/mol. The van der Waals surface area contributed by atoms with Crippen LogP contribution in [0.1, 0.15) is 13.8 Å². The molecule has 0 saturated heterocycles. The van der Waals surface area contributed by atoms with Crippen molar-refractivity contribution in [1.29, 1.82) is 0 Å². The lowest BCUT2D eigenvalue weighted by Crippen LogP contribution is -2.41. The molecule has 0 aliphatic carbocycles. The maximum atomic E-state index is 13.0. The molecule has 0 amide bonds. The molecule has 1 rings (SSSR count). The Balaban J connectivity index is 3.02. The van der Waals surface area contributed by atoms with Gasteiger partial charge in [0.05, 0.1) is 16.5 Å². The maximum Gasteiger partial charge on any atom is 0.240 e. The summed E-state index contributed by atoms with van der Waals surface area (Å²) in [6, 6.07) is 2.55. The number of halogens is 2. The fourth-order valence-electron chi connectivity index (χ4n) is 1.30. The third-order valence-corrected chi connectivity index (χ3v) is 4.29. The average Bonchev–Trinajstić information content (AvgIpc) is 2.29. The van der Waals surface area contributed by atoms with E-state index in [4.69, 9.17) is 16.7 Å². The molecule has 2 N–H and O–H groups in total. The summed E-state index contributed by atoms with van der Waals surface area (Å²) < 4.78 is 39.2. The van der Waals surface area contributed by atoms with E-state index in [1.165, 1.54) is 0 Å². The second kappa shape index (κ2) is 5.97. The van der Waals surface area contributed by atoms with Crippen LogP contribution in [-0.4, -0.2) is 26.2 Å². The van der Waals surface area contributed by atoms with Crippen molar-refractivity contribution >= 4 is 21.6 Å². The van der Waals surface area contributed by atoms with E-state index in [9.17, 15) is 12.8 Å². The van der Waals surface area contributed by atoms with Gasteiger partial charge in [-0.05, 0) is 24.1 Å². The number of benzene rings is 1. The van der Waals surface area contributed by atoms with Crippen molar-refractivity contribution in [2.45, 2.75) is 24.8 Å². The summed E-state index contributed by atoms with van der Waals surface area (Å²) in [5, 5.41) is 8.83. The van der Waals surface area contributed by atoms with Gasteiger partial charge in [-0.3, -0.25) is 0 Å². The minimum absolute atomic E-state index is 0.0688. The van der Waals surface area contributed by atoms with Crippen molar-refractivity contribution in [2.75, 3.05) is 6.61 Å². The van der Waals surface area contributed by atoms with Crippen LogP contribution in [0.15, 0.2) is 23.1 Å². The van der Waals surface area contributed by atoms with Gasteiger partial charge in [-0.2, -0.15) is 0 Å². The Hall–Kier alpha value is -0.690. The van der Waals surface area contributed by atoms with E-state index in [1.54, 1.807) is 13.8 Å². The fraction of sp³-hybridized carbons (Fsp3) is 0.455. The summed E-state index contributed by atoms with van der Waals surface area (Å²) in [7, 11) is -3.82. The first-order valence-electron chi connectivity index (χ1n) is 5.36. The van der Waals surface area contributed by atoms with Crippen molar-refractivity contribution in [1.82, 2.24) is 4.72 Å². The van der Waals surface area contributed by atoms with E-state index in [0.717, 1.165) is 18.2 Å². The van der Waals surface area contributed by atoms with Gasteiger partial charge in [0, 0.05) is 6.04 Å². The summed E-state index contributed by atoms with van der Waals surface area (Å²) in [5.74, 6) is -0.751. The molecule has 1 aromatic rings. The molecule has 0 aromatic heterocycles. The predicted molar refractivity (Wildman–Crippen MR) is 67.4 cm³/mol. The van der Waals surface area contributed by atoms with Crippen molar-refractivity contribution < 1.29 is 17.9 Å². The van der Waals surface area contributed by atoms with Gasteiger partial charge in [0.1, 0.15) is 5.82 Å². The largest absolute Gasteiger partial charge is 0.395 e. The monoisotopic (exact) mass is 295 g/mol. The van der Waals surface area contributed by atoms with Crippen molar-refractivity contribution in [3.63, 3.8) is 0 Å². The molecule has 102 valence electrons. The molecule has 1 unspecified atom stereocenters. The molecule has 0 aliphatic rings. The Morgan fingerprint density at radius 1 is 1.44 bits per heavy atom. The van der Waals surface area contributed by atoms with Gasteiger partial charge in [0.25, 0.3) is 0 Å². The molecule has 0 bridgehead atoms. The van der Waals surface area contributed by atoms with Crippen LogP contribution in [0.5, 0.6) is 0 Å². The molecular weight excluding hydrogens is 281 g/mol. The van der Waals surface area contributed by atoms with Gasteiger partial charge in [0.15, 0.2) is 0 Å². The highest BCUT2D eigenvalue weighted by Gasteiger charge is 2.22. The highest BCUT2D eigenvalue weighted by Crippen LogP contribution is 2.20. The van der Waals surface area contributed by atoms with Crippen LogP contribution >= 0.6 is 11.6 Å². The summed E-state index contributed by atoms with van der Waals surface area (Å²) in [6.45, 7) is 3.24. The predicted octanol–water partition coefficient (Wildman–Crippen LogP) is 1.77. The molecule has 1 atom stereocenters. The lowest BCUT2D eigenvalue weighted by atomic mass is 10.1. The van der Waals surface area contributed by atoms with Gasteiger partial charge in [-0.25, -0.2) is 17.5 Å². The lowest BCUT2D eigenvalue weighted by molar-refractivity contribution is 0.227. The van der Waals surface area contributed by atoms with E-state index in [1.807, 2.05) is 0 Å². The van der Waals surface area contributed by atoms with E-state index in [2.05, 4.69) is 4.72 Å². The molecule has 18 heavy (non-hydrogen) atoms. The summed E-state index contributed by atoms with van der Waals surface area (Å²) in [4.78, 5) is -0.131. The van der Waals surface area contributed by atoms with Crippen LogP contribution in [0.4, 0.5) is 4.39 Å². The number of hydrogen-bond donors (Lipinski definition) is 2. The number of aliphatic hydroxyl groups excluding tert-OH is 1. The number of rotatable bonds is 5. The Bertz CT molecular complexity index is 519. The molecule has 0 fully saturated rings. The first-order valence-corrected chi connectivity index (χ1v) is 7.22. The third kappa shape index (κ3) is 3.65. The van der Waals surface area contributed by atoms with E-state index >= 15 is 0 Å². The van der Waals surface area contributed by atoms with Crippen molar-refractivity contribution in [2.24, 2.45) is 5.92 Å². The summed E-state index contributed by atoms with van der Waals surface area (Å²) in [5.41, 5.74) is 0. The quantitative estimate of drug-likeness (QED) is 0.870.